The molecule has 0 aliphatic heterocycles. The second kappa shape index (κ2) is 5.84. The number of carboxylic acid groups (broad SMARTS) is 1. The number of aromatic nitrogens is 1. The fourth-order valence-corrected chi connectivity index (χ4v) is 2.00. The molecule has 1 unspecified atom stereocenters. The van der Waals surface area contributed by atoms with Crippen molar-refractivity contribution < 1.29 is 9.90 Å². The number of benzene rings is 1. The first-order valence-electron chi connectivity index (χ1n) is 5.78. The molecule has 2 N–H and O–H groups in total. The Morgan fingerprint density at radius 2 is 2.00 bits per heavy atom. The van der Waals surface area contributed by atoms with Crippen LogP contribution >= 0.6 is 15.9 Å². The summed E-state index contributed by atoms with van der Waals surface area (Å²) >= 11 is 3.38. The molecule has 1 aromatic heterocycles. The van der Waals surface area contributed by atoms with Crippen LogP contribution in [0.4, 0.5) is 5.82 Å². The highest BCUT2D eigenvalue weighted by Gasteiger charge is 2.13. The maximum absolute atomic E-state index is 11.1. The lowest BCUT2D eigenvalue weighted by Gasteiger charge is -2.16. The molecule has 0 saturated heterocycles. The van der Waals surface area contributed by atoms with E-state index in [1.54, 1.807) is 12.3 Å². The first-order chi connectivity index (χ1) is 9.08. The number of hydrogen-bond acceptors (Lipinski definition) is 3. The van der Waals surface area contributed by atoms with Crippen molar-refractivity contribution in [1.29, 1.82) is 0 Å². The summed E-state index contributed by atoms with van der Waals surface area (Å²) in [6, 6.07) is 11.0. The van der Waals surface area contributed by atoms with E-state index < -0.39 is 5.97 Å². The van der Waals surface area contributed by atoms with E-state index in [0.29, 0.717) is 5.82 Å². The molecule has 0 radical (unpaired) electrons. The minimum atomic E-state index is -0.987. The van der Waals surface area contributed by atoms with Crippen molar-refractivity contribution in [2.24, 2.45) is 0 Å². The zero-order valence-electron chi connectivity index (χ0n) is 10.3. The fraction of sp³-hybridized carbons (Fsp3) is 0.143. The first kappa shape index (κ1) is 13.5. The molecular weight excluding hydrogens is 308 g/mol. The van der Waals surface area contributed by atoms with Gasteiger partial charge in [-0.2, -0.15) is 0 Å². The normalized spacial score (nSPS) is 11.9. The standard InChI is InChI=1S/C14H13BrN2O2/c1-9(10-4-6-11(15)7-5-10)17-13-12(14(18)19)3-2-8-16-13/h2-9H,1H3,(H,16,17)(H,18,19). The van der Waals surface area contributed by atoms with Crippen LogP contribution in [0.3, 0.4) is 0 Å². The highest BCUT2D eigenvalue weighted by Crippen LogP contribution is 2.22. The van der Waals surface area contributed by atoms with Crippen LogP contribution in [0.1, 0.15) is 28.9 Å². The number of pyridine rings is 1. The van der Waals surface area contributed by atoms with E-state index in [1.807, 2.05) is 31.2 Å². The smallest absolute Gasteiger partial charge is 0.339 e. The highest BCUT2D eigenvalue weighted by molar-refractivity contribution is 9.10. The number of hydrogen-bond donors (Lipinski definition) is 2. The summed E-state index contributed by atoms with van der Waals surface area (Å²) in [5.74, 6) is -0.607. The first-order valence-corrected chi connectivity index (χ1v) is 6.57. The number of nitrogens with zero attached hydrogens (tertiary/aromatic N) is 1. The summed E-state index contributed by atoms with van der Waals surface area (Å²) in [5, 5.41) is 12.2. The quantitative estimate of drug-likeness (QED) is 0.901. The Balaban J connectivity index is 2.21. The van der Waals surface area contributed by atoms with Gasteiger partial charge in [0, 0.05) is 16.7 Å². The molecule has 0 spiro atoms. The summed E-state index contributed by atoms with van der Waals surface area (Å²) in [6.07, 6.45) is 1.57. The summed E-state index contributed by atoms with van der Waals surface area (Å²) in [5.41, 5.74) is 1.23. The topological polar surface area (TPSA) is 62.2 Å². The van der Waals surface area contributed by atoms with Gasteiger partial charge in [-0.3, -0.25) is 0 Å². The van der Waals surface area contributed by atoms with Gasteiger partial charge in [-0.25, -0.2) is 9.78 Å². The van der Waals surface area contributed by atoms with Crippen molar-refractivity contribution >= 4 is 27.7 Å². The second-order valence-electron chi connectivity index (χ2n) is 4.12. The van der Waals surface area contributed by atoms with E-state index in [-0.39, 0.29) is 11.6 Å². The molecule has 0 bridgehead atoms. The number of halogens is 1. The number of carboxylic acids is 1. The van der Waals surface area contributed by atoms with Crippen LogP contribution in [0.25, 0.3) is 0 Å². The van der Waals surface area contributed by atoms with Crippen LogP contribution in [0, 0.1) is 0 Å². The Bertz CT molecular complexity index is 584. The lowest BCUT2D eigenvalue weighted by molar-refractivity contribution is 0.0697. The van der Waals surface area contributed by atoms with Crippen LogP contribution in [-0.4, -0.2) is 16.1 Å². The van der Waals surface area contributed by atoms with Crippen molar-refractivity contribution in [3.8, 4) is 0 Å². The number of aromatic carboxylic acids is 1. The SMILES string of the molecule is CC(Nc1ncccc1C(=O)O)c1ccc(Br)cc1. The summed E-state index contributed by atoms with van der Waals surface area (Å²) < 4.78 is 1.01. The molecular formula is C14H13BrN2O2. The van der Waals surface area contributed by atoms with Gasteiger partial charge in [-0.1, -0.05) is 28.1 Å². The minimum absolute atomic E-state index is 0.0268. The molecule has 0 aliphatic carbocycles. The Hall–Kier alpha value is -1.88. The van der Waals surface area contributed by atoms with E-state index in [9.17, 15) is 4.79 Å². The summed E-state index contributed by atoms with van der Waals surface area (Å²) in [6.45, 7) is 1.96. The van der Waals surface area contributed by atoms with Crippen LogP contribution < -0.4 is 5.32 Å². The van der Waals surface area contributed by atoms with Gasteiger partial charge in [0.25, 0.3) is 0 Å². The molecule has 0 fully saturated rings. The van der Waals surface area contributed by atoms with E-state index in [0.717, 1.165) is 10.0 Å². The molecule has 1 heterocycles. The largest absolute Gasteiger partial charge is 0.478 e. The number of carbonyl (C=O) groups is 1. The predicted molar refractivity (Wildman–Crippen MR) is 77.4 cm³/mol. The van der Waals surface area contributed by atoms with Gasteiger partial charge in [0.2, 0.25) is 0 Å². The van der Waals surface area contributed by atoms with Gasteiger partial charge in [0.1, 0.15) is 11.4 Å². The lowest BCUT2D eigenvalue weighted by Crippen LogP contribution is -2.12. The average molecular weight is 321 g/mol. The number of nitrogens with one attached hydrogen (secondary N) is 1. The molecule has 0 aliphatic rings. The monoisotopic (exact) mass is 320 g/mol. The third kappa shape index (κ3) is 3.32. The molecule has 2 aromatic rings. The Morgan fingerprint density at radius 3 is 2.63 bits per heavy atom. The molecule has 4 nitrogen and oxygen atoms in total. The maximum Gasteiger partial charge on any atom is 0.339 e. The Kier molecular flexibility index (Phi) is 4.16. The van der Waals surface area contributed by atoms with Crippen molar-refractivity contribution in [2.45, 2.75) is 13.0 Å². The van der Waals surface area contributed by atoms with Gasteiger partial charge >= 0.3 is 5.97 Å². The van der Waals surface area contributed by atoms with Gasteiger partial charge in [-0.15, -0.1) is 0 Å². The van der Waals surface area contributed by atoms with Crippen LogP contribution in [0.2, 0.25) is 0 Å². The van der Waals surface area contributed by atoms with Crippen molar-refractivity contribution in [2.75, 3.05) is 5.32 Å². The van der Waals surface area contributed by atoms with E-state index in [4.69, 9.17) is 5.11 Å². The zero-order chi connectivity index (χ0) is 13.8. The van der Waals surface area contributed by atoms with Crippen LogP contribution in [-0.2, 0) is 0 Å². The molecule has 5 heteroatoms. The number of anilines is 1. The van der Waals surface area contributed by atoms with Crippen molar-refractivity contribution in [3.63, 3.8) is 0 Å². The fourth-order valence-electron chi connectivity index (χ4n) is 1.73. The van der Waals surface area contributed by atoms with E-state index in [2.05, 4.69) is 26.2 Å². The molecule has 1 atom stereocenters. The average Bonchev–Trinajstić information content (AvgIpc) is 2.39. The zero-order valence-corrected chi connectivity index (χ0v) is 11.9. The summed E-state index contributed by atoms with van der Waals surface area (Å²) in [7, 11) is 0. The molecule has 2 rings (SSSR count). The number of rotatable bonds is 4. The van der Waals surface area contributed by atoms with Gasteiger partial charge in [-0.05, 0) is 36.8 Å². The maximum atomic E-state index is 11.1. The van der Waals surface area contributed by atoms with Crippen LogP contribution in [0.5, 0.6) is 0 Å². The Labute approximate surface area is 119 Å². The van der Waals surface area contributed by atoms with E-state index in [1.165, 1.54) is 6.07 Å². The van der Waals surface area contributed by atoms with E-state index >= 15 is 0 Å². The summed E-state index contributed by atoms with van der Waals surface area (Å²) in [4.78, 5) is 15.2. The molecule has 19 heavy (non-hydrogen) atoms. The predicted octanol–water partition coefficient (Wildman–Crippen LogP) is 3.72. The molecule has 0 saturated carbocycles. The highest BCUT2D eigenvalue weighted by atomic mass is 79.9. The minimum Gasteiger partial charge on any atom is -0.478 e. The molecule has 1 aromatic carbocycles. The molecule has 0 amide bonds. The van der Waals surface area contributed by atoms with Gasteiger partial charge in [0.15, 0.2) is 0 Å². The lowest BCUT2D eigenvalue weighted by atomic mass is 10.1. The second-order valence-corrected chi connectivity index (χ2v) is 5.04. The van der Waals surface area contributed by atoms with Crippen molar-refractivity contribution in [1.82, 2.24) is 4.98 Å². The third-order valence-corrected chi connectivity index (χ3v) is 3.29. The van der Waals surface area contributed by atoms with Crippen molar-refractivity contribution in [3.05, 3.63) is 58.2 Å². The molecule has 98 valence electrons. The van der Waals surface area contributed by atoms with Crippen LogP contribution in [0.15, 0.2) is 47.1 Å². The third-order valence-electron chi connectivity index (χ3n) is 2.76. The van der Waals surface area contributed by atoms with Gasteiger partial charge < -0.3 is 10.4 Å². The van der Waals surface area contributed by atoms with Gasteiger partial charge in [0.05, 0.1) is 0 Å². The Morgan fingerprint density at radius 1 is 1.32 bits per heavy atom.